The number of carbonyl (C=O) groups excluding carboxylic acids is 2. The van der Waals surface area contributed by atoms with Crippen molar-refractivity contribution in [3.05, 3.63) is 88.4 Å². The lowest BCUT2D eigenvalue weighted by atomic mass is 9.87. The molecule has 1 aromatic heterocycles. The third kappa shape index (κ3) is 5.34. The Morgan fingerprint density at radius 2 is 1.89 bits per heavy atom. The topological polar surface area (TPSA) is 81.0 Å². The molecule has 6 rings (SSSR count). The molecule has 3 aliphatic rings. The molecule has 3 aromatic rings. The second kappa shape index (κ2) is 10.7. The van der Waals surface area contributed by atoms with Gasteiger partial charge in [-0.3, -0.25) is 9.59 Å². The van der Waals surface area contributed by atoms with Crippen LogP contribution in [0.1, 0.15) is 70.3 Å². The summed E-state index contributed by atoms with van der Waals surface area (Å²) in [6.45, 7) is 4.25. The van der Waals surface area contributed by atoms with E-state index >= 15 is 0 Å². The van der Waals surface area contributed by atoms with E-state index in [0.717, 1.165) is 56.4 Å². The van der Waals surface area contributed by atoms with Crippen molar-refractivity contribution in [3.8, 4) is 5.75 Å². The Labute approximate surface area is 223 Å². The number of amides is 2. The summed E-state index contributed by atoms with van der Waals surface area (Å²) in [5, 5.41) is 2.88. The van der Waals surface area contributed by atoms with E-state index in [1.807, 2.05) is 6.07 Å². The Kier molecular flexibility index (Phi) is 6.94. The van der Waals surface area contributed by atoms with Crippen LogP contribution in [0.15, 0.2) is 59.0 Å². The summed E-state index contributed by atoms with van der Waals surface area (Å²) in [5.41, 5.74) is 4.67. The fourth-order valence-corrected chi connectivity index (χ4v) is 5.42. The molecule has 38 heavy (non-hydrogen) atoms. The molecule has 0 spiro atoms. The summed E-state index contributed by atoms with van der Waals surface area (Å²) in [7, 11) is 0. The maximum absolute atomic E-state index is 13.2. The van der Waals surface area contributed by atoms with Gasteiger partial charge in [0, 0.05) is 25.6 Å². The predicted octanol–water partition coefficient (Wildman–Crippen LogP) is 4.96. The predicted molar refractivity (Wildman–Crippen MR) is 142 cm³/mol. The molecule has 2 amide bonds. The lowest BCUT2D eigenvalue weighted by Crippen LogP contribution is -2.41. The number of ether oxygens (including phenoxy) is 2. The molecular formula is C31H34N2O5. The van der Waals surface area contributed by atoms with Gasteiger partial charge in [0.05, 0.1) is 12.1 Å². The maximum atomic E-state index is 13.2. The Morgan fingerprint density at radius 3 is 2.66 bits per heavy atom. The van der Waals surface area contributed by atoms with Gasteiger partial charge >= 0.3 is 0 Å². The van der Waals surface area contributed by atoms with Crippen LogP contribution in [-0.4, -0.2) is 42.5 Å². The second-order valence-corrected chi connectivity index (χ2v) is 10.6. The largest absolute Gasteiger partial charge is 0.486 e. The molecule has 2 aromatic carbocycles. The first-order valence-corrected chi connectivity index (χ1v) is 13.7. The van der Waals surface area contributed by atoms with Gasteiger partial charge in [0.15, 0.2) is 5.76 Å². The van der Waals surface area contributed by atoms with Crippen LogP contribution in [-0.2, 0) is 22.6 Å². The highest BCUT2D eigenvalue weighted by Crippen LogP contribution is 2.41. The van der Waals surface area contributed by atoms with Gasteiger partial charge in [0.1, 0.15) is 18.1 Å². The van der Waals surface area contributed by atoms with E-state index in [1.54, 1.807) is 12.1 Å². The number of fused-ring (bicyclic) bond motifs is 1. The van der Waals surface area contributed by atoms with Crippen molar-refractivity contribution in [2.24, 2.45) is 5.92 Å². The molecule has 1 saturated heterocycles. The molecule has 0 radical (unpaired) electrons. The quantitative estimate of drug-likeness (QED) is 0.460. The van der Waals surface area contributed by atoms with E-state index < -0.39 is 0 Å². The second-order valence-electron chi connectivity index (χ2n) is 10.6. The van der Waals surface area contributed by atoms with E-state index in [2.05, 4.69) is 53.5 Å². The number of hydrogen-bond acceptors (Lipinski definition) is 5. The van der Waals surface area contributed by atoms with Gasteiger partial charge in [-0.15, -0.1) is 0 Å². The lowest BCUT2D eigenvalue weighted by Gasteiger charge is -2.38. The molecule has 198 valence electrons. The zero-order valence-corrected chi connectivity index (χ0v) is 21.8. The zero-order valence-electron chi connectivity index (χ0n) is 21.8. The number of carbonyl (C=O) groups is 2. The summed E-state index contributed by atoms with van der Waals surface area (Å²) in [4.78, 5) is 27.7. The van der Waals surface area contributed by atoms with Crippen LogP contribution in [0.2, 0.25) is 0 Å². The van der Waals surface area contributed by atoms with E-state index in [4.69, 9.17) is 13.9 Å². The number of aryl methyl sites for hydroxylation is 1. The smallest absolute Gasteiger partial charge is 0.287 e. The fraction of sp³-hybridized carbons (Fsp3) is 0.419. The first kappa shape index (κ1) is 24.7. The number of nitrogens with zero attached hydrogens (tertiary/aromatic N) is 1. The number of hydrogen-bond donors (Lipinski definition) is 1. The normalized spacial score (nSPS) is 20.7. The van der Waals surface area contributed by atoms with Gasteiger partial charge in [-0.25, -0.2) is 0 Å². The van der Waals surface area contributed by atoms with Crippen LogP contribution in [0.3, 0.4) is 0 Å². The van der Waals surface area contributed by atoms with Crippen LogP contribution in [0, 0.1) is 12.8 Å². The molecule has 2 aliphatic heterocycles. The summed E-state index contributed by atoms with van der Waals surface area (Å²) in [6, 6.07) is 17.9. The van der Waals surface area contributed by atoms with Crippen molar-refractivity contribution >= 4 is 11.8 Å². The molecule has 2 fully saturated rings. The Balaban J connectivity index is 1.16. The molecule has 1 aliphatic carbocycles. The van der Waals surface area contributed by atoms with E-state index in [0.29, 0.717) is 18.1 Å². The third-order valence-electron chi connectivity index (χ3n) is 7.73. The average Bonchev–Trinajstić information content (AvgIpc) is 3.44. The van der Waals surface area contributed by atoms with Crippen LogP contribution in [0.25, 0.3) is 0 Å². The molecule has 2 atom stereocenters. The minimum Gasteiger partial charge on any atom is -0.486 e. The molecule has 3 heterocycles. The first-order valence-electron chi connectivity index (χ1n) is 13.7. The highest BCUT2D eigenvalue weighted by atomic mass is 16.5. The highest BCUT2D eigenvalue weighted by Gasteiger charge is 2.39. The van der Waals surface area contributed by atoms with Crippen LogP contribution in [0.5, 0.6) is 5.75 Å². The van der Waals surface area contributed by atoms with Crippen molar-refractivity contribution in [3.63, 3.8) is 0 Å². The van der Waals surface area contributed by atoms with Crippen molar-refractivity contribution in [1.82, 2.24) is 10.2 Å². The van der Waals surface area contributed by atoms with Gasteiger partial charge < -0.3 is 24.1 Å². The van der Waals surface area contributed by atoms with Crippen LogP contribution >= 0.6 is 0 Å². The summed E-state index contributed by atoms with van der Waals surface area (Å²) >= 11 is 0. The maximum Gasteiger partial charge on any atom is 0.287 e. The van der Waals surface area contributed by atoms with Crippen molar-refractivity contribution in [2.45, 2.75) is 57.8 Å². The minimum absolute atomic E-state index is 0.0833. The van der Waals surface area contributed by atoms with Gasteiger partial charge in [0.25, 0.3) is 5.91 Å². The van der Waals surface area contributed by atoms with Gasteiger partial charge in [-0.1, -0.05) is 35.9 Å². The fourth-order valence-electron chi connectivity index (χ4n) is 5.42. The molecule has 1 N–H and O–H groups in total. The number of nitrogens with one attached hydrogen (secondary N) is 1. The Hall–Kier alpha value is -3.58. The summed E-state index contributed by atoms with van der Waals surface area (Å²) in [6.07, 6.45) is 4.90. The van der Waals surface area contributed by atoms with E-state index in [9.17, 15) is 9.59 Å². The molecule has 2 unspecified atom stereocenters. The number of rotatable bonds is 8. The van der Waals surface area contributed by atoms with Gasteiger partial charge in [-0.05, 0) is 80.0 Å². The third-order valence-corrected chi connectivity index (χ3v) is 7.73. The van der Waals surface area contributed by atoms with Crippen molar-refractivity contribution in [2.75, 3.05) is 19.7 Å². The van der Waals surface area contributed by atoms with E-state index in [1.165, 1.54) is 11.1 Å². The Bertz CT molecular complexity index is 1300. The lowest BCUT2D eigenvalue weighted by molar-refractivity contribution is -0.134. The average molecular weight is 515 g/mol. The van der Waals surface area contributed by atoms with Crippen LogP contribution in [0.4, 0.5) is 0 Å². The first-order chi connectivity index (χ1) is 18.5. The zero-order chi connectivity index (χ0) is 26.1. The van der Waals surface area contributed by atoms with Crippen LogP contribution < -0.4 is 10.1 Å². The summed E-state index contributed by atoms with van der Waals surface area (Å²) in [5.74, 6) is 1.73. The number of furan rings is 1. The van der Waals surface area contributed by atoms with Crippen molar-refractivity contribution < 1.29 is 23.5 Å². The van der Waals surface area contributed by atoms with E-state index in [-0.39, 0.29) is 42.2 Å². The Morgan fingerprint density at radius 1 is 1.05 bits per heavy atom. The van der Waals surface area contributed by atoms with Gasteiger partial charge in [-0.2, -0.15) is 0 Å². The SMILES string of the molecule is Cc1ccc(C2c3cc(OCc4ccc(C(=O)NCC5CCCO5)o4)ccc3CCN2C(=O)C2CC2)cc1. The molecule has 1 saturated carbocycles. The molecule has 7 nitrogen and oxygen atoms in total. The van der Waals surface area contributed by atoms with Gasteiger partial charge in [0.2, 0.25) is 5.91 Å². The van der Waals surface area contributed by atoms with Crippen molar-refractivity contribution in [1.29, 1.82) is 0 Å². The monoisotopic (exact) mass is 514 g/mol. The molecule has 7 heteroatoms. The number of benzene rings is 2. The molecular weight excluding hydrogens is 480 g/mol. The standard InChI is InChI=1S/C31H34N2O5/c1-20-4-6-22(7-5-20)29-27-17-24(11-10-21(27)14-15-33(29)31(35)23-8-9-23)37-19-26-12-13-28(38-26)30(34)32-18-25-3-2-16-36-25/h4-7,10-13,17,23,25,29H,2-3,8-9,14-16,18-19H2,1H3,(H,32,34). The highest BCUT2D eigenvalue weighted by molar-refractivity contribution is 5.91. The summed E-state index contributed by atoms with van der Waals surface area (Å²) < 4.78 is 17.4. The minimum atomic E-state index is -0.248. The molecule has 0 bridgehead atoms.